The van der Waals surface area contributed by atoms with Crippen molar-refractivity contribution in [3.05, 3.63) is 0 Å². The van der Waals surface area contributed by atoms with E-state index in [-0.39, 0.29) is 18.9 Å². The molecule has 0 aromatic heterocycles. The van der Waals surface area contributed by atoms with Gasteiger partial charge in [0.15, 0.2) is 0 Å². The average molecular weight is 400 g/mol. The van der Waals surface area contributed by atoms with Crippen LogP contribution in [-0.2, 0) is 9.59 Å². The molecule has 0 aliphatic heterocycles. The summed E-state index contributed by atoms with van der Waals surface area (Å²) in [6, 6.07) is -0.560. The Kier molecular flexibility index (Phi) is 17.3. The summed E-state index contributed by atoms with van der Waals surface area (Å²) in [7, 11) is 1.80. The molecule has 0 spiro atoms. The highest BCUT2D eigenvalue weighted by molar-refractivity contribution is 5.75. The molecule has 1 unspecified atom stereocenters. The minimum absolute atomic E-state index is 0.104. The van der Waals surface area contributed by atoms with E-state index in [4.69, 9.17) is 5.11 Å². The maximum Gasteiger partial charge on any atom is 0.320 e. The highest BCUT2D eigenvalue weighted by Crippen LogP contribution is 2.17. The van der Waals surface area contributed by atoms with Gasteiger partial charge in [-0.1, -0.05) is 90.4 Å². The van der Waals surface area contributed by atoms with Crippen molar-refractivity contribution < 1.29 is 19.8 Å². The molecule has 0 amide bonds. The first-order valence-corrected chi connectivity index (χ1v) is 11.6. The Bertz CT molecular complexity index is 400. The lowest BCUT2D eigenvalue weighted by molar-refractivity contribution is -0.144. The quantitative estimate of drug-likeness (QED) is 0.242. The third kappa shape index (κ3) is 14.9. The Morgan fingerprint density at radius 1 is 0.750 bits per heavy atom. The summed E-state index contributed by atoms with van der Waals surface area (Å²) >= 11 is 0. The van der Waals surface area contributed by atoms with Crippen molar-refractivity contribution in [3.63, 3.8) is 0 Å². The first-order chi connectivity index (χ1) is 13.4. The third-order valence-electron chi connectivity index (χ3n) is 5.83. The van der Waals surface area contributed by atoms with Crippen LogP contribution in [0.15, 0.2) is 0 Å². The second kappa shape index (κ2) is 18.0. The maximum atomic E-state index is 11.4. The van der Waals surface area contributed by atoms with Crippen molar-refractivity contribution in [1.29, 1.82) is 0 Å². The highest BCUT2D eigenvalue weighted by Gasteiger charge is 2.26. The van der Waals surface area contributed by atoms with Gasteiger partial charge in [-0.05, 0) is 26.8 Å². The lowest BCUT2D eigenvalue weighted by Gasteiger charge is -2.30. The van der Waals surface area contributed by atoms with Crippen LogP contribution in [0.4, 0.5) is 0 Å². The topological polar surface area (TPSA) is 77.8 Å². The first-order valence-electron chi connectivity index (χ1n) is 11.6. The molecule has 28 heavy (non-hydrogen) atoms. The Balaban J connectivity index is 3.67. The molecule has 0 saturated carbocycles. The first kappa shape index (κ1) is 26.9. The number of nitrogens with zero attached hydrogens (tertiary/aromatic N) is 1. The van der Waals surface area contributed by atoms with Gasteiger partial charge in [-0.25, -0.2) is 0 Å². The molecule has 0 aliphatic rings. The third-order valence-corrected chi connectivity index (χ3v) is 5.83. The van der Waals surface area contributed by atoms with Crippen molar-refractivity contribution in [3.8, 4) is 0 Å². The molecule has 0 rings (SSSR count). The van der Waals surface area contributed by atoms with E-state index in [0.29, 0.717) is 0 Å². The second-order valence-electron chi connectivity index (χ2n) is 8.33. The number of carboxylic acids is 2. The molecule has 0 aliphatic carbocycles. The van der Waals surface area contributed by atoms with E-state index in [1.54, 1.807) is 7.05 Å². The largest absolute Gasteiger partial charge is 0.481 e. The summed E-state index contributed by atoms with van der Waals surface area (Å²) in [5.74, 6) is -1.87. The minimum Gasteiger partial charge on any atom is -0.481 e. The standard InChI is InChI=1S/C23H45NO4/c1-4-5-6-7-8-9-10-11-12-13-14-15-16-17-20(2)24(3)21(23(27)28)18-19-22(25)26/h20-21H,4-19H2,1-3H3,(H,25,26)(H,27,28)/t20?,21-/m0/s1. The van der Waals surface area contributed by atoms with Crippen LogP contribution in [0.1, 0.15) is 117 Å². The van der Waals surface area contributed by atoms with Crippen molar-refractivity contribution in [1.82, 2.24) is 4.90 Å². The molecular formula is C23H45NO4. The Morgan fingerprint density at radius 3 is 1.57 bits per heavy atom. The van der Waals surface area contributed by atoms with Crippen LogP contribution in [0.3, 0.4) is 0 Å². The number of rotatable bonds is 20. The molecule has 0 fully saturated rings. The summed E-state index contributed by atoms with van der Waals surface area (Å²) in [5.41, 5.74) is 0. The van der Waals surface area contributed by atoms with E-state index in [9.17, 15) is 14.7 Å². The van der Waals surface area contributed by atoms with Crippen LogP contribution in [0.5, 0.6) is 0 Å². The number of unbranched alkanes of at least 4 members (excludes halogenated alkanes) is 12. The average Bonchev–Trinajstić information content (AvgIpc) is 2.64. The lowest BCUT2D eigenvalue weighted by atomic mass is 10.0. The number of hydrogen-bond acceptors (Lipinski definition) is 3. The molecule has 166 valence electrons. The van der Waals surface area contributed by atoms with E-state index in [1.807, 2.05) is 11.8 Å². The molecule has 2 atom stereocenters. The van der Waals surface area contributed by atoms with Crippen molar-refractivity contribution in [2.75, 3.05) is 7.05 Å². The fraction of sp³-hybridized carbons (Fsp3) is 0.913. The lowest BCUT2D eigenvalue weighted by Crippen LogP contribution is -2.43. The molecule has 2 N–H and O–H groups in total. The molecule has 0 aromatic carbocycles. The number of hydrogen-bond donors (Lipinski definition) is 2. The molecule has 5 heteroatoms. The zero-order chi connectivity index (χ0) is 21.2. The van der Waals surface area contributed by atoms with Crippen LogP contribution >= 0.6 is 0 Å². The SMILES string of the molecule is CCCCCCCCCCCCCCCC(C)N(C)[C@@H](CCC(=O)O)C(=O)O. The Labute approximate surface area is 172 Å². The molecule has 0 saturated heterocycles. The van der Waals surface area contributed by atoms with Crippen LogP contribution in [0, 0.1) is 0 Å². The number of aliphatic carboxylic acids is 2. The molecule has 5 nitrogen and oxygen atoms in total. The van der Waals surface area contributed by atoms with E-state index in [2.05, 4.69) is 6.92 Å². The fourth-order valence-electron chi connectivity index (χ4n) is 3.73. The monoisotopic (exact) mass is 399 g/mol. The fourth-order valence-corrected chi connectivity index (χ4v) is 3.73. The molecule has 0 bridgehead atoms. The predicted octanol–water partition coefficient (Wildman–Crippen LogP) is 6.11. The molecule has 0 radical (unpaired) electrons. The Morgan fingerprint density at radius 2 is 1.18 bits per heavy atom. The van der Waals surface area contributed by atoms with Gasteiger partial charge in [0.25, 0.3) is 0 Å². The van der Waals surface area contributed by atoms with Crippen LogP contribution in [0.2, 0.25) is 0 Å². The van der Waals surface area contributed by atoms with Crippen molar-refractivity contribution in [2.45, 2.75) is 129 Å². The van der Waals surface area contributed by atoms with Gasteiger partial charge in [0.2, 0.25) is 0 Å². The number of likely N-dealkylation sites (N-methyl/N-ethyl adjacent to an activating group) is 1. The van der Waals surface area contributed by atoms with Gasteiger partial charge in [0, 0.05) is 12.5 Å². The smallest absolute Gasteiger partial charge is 0.320 e. The zero-order valence-corrected chi connectivity index (χ0v) is 18.6. The van der Waals surface area contributed by atoms with E-state index < -0.39 is 18.0 Å². The summed E-state index contributed by atoms with van der Waals surface area (Å²) in [6.07, 6.45) is 18.2. The van der Waals surface area contributed by atoms with Gasteiger partial charge in [-0.3, -0.25) is 14.5 Å². The van der Waals surface area contributed by atoms with Crippen LogP contribution in [0.25, 0.3) is 0 Å². The molecule has 0 aromatic rings. The maximum absolute atomic E-state index is 11.4. The van der Waals surface area contributed by atoms with Crippen LogP contribution in [-0.4, -0.2) is 46.2 Å². The summed E-state index contributed by atoms with van der Waals surface area (Å²) in [5, 5.41) is 18.1. The van der Waals surface area contributed by atoms with Crippen molar-refractivity contribution >= 4 is 11.9 Å². The number of carbonyl (C=O) groups is 2. The van der Waals surface area contributed by atoms with Crippen molar-refractivity contribution in [2.24, 2.45) is 0 Å². The second-order valence-corrected chi connectivity index (χ2v) is 8.33. The van der Waals surface area contributed by atoms with Gasteiger partial charge in [-0.2, -0.15) is 0 Å². The van der Waals surface area contributed by atoms with Gasteiger partial charge >= 0.3 is 11.9 Å². The summed E-state index contributed by atoms with van der Waals surface area (Å²) < 4.78 is 0. The highest BCUT2D eigenvalue weighted by atomic mass is 16.4. The normalized spacial score (nSPS) is 13.6. The summed E-state index contributed by atoms with van der Waals surface area (Å²) in [4.78, 5) is 24.0. The molecule has 0 heterocycles. The van der Waals surface area contributed by atoms with Crippen LogP contribution < -0.4 is 0 Å². The van der Waals surface area contributed by atoms with Gasteiger partial charge in [-0.15, -0.1) is 0 Å². The minimum atomic E-state index is -0.941. The Hall–Kier alpha value is -1.10. The van der Waals surface area contributed by atoms with E-state index >= 15 is 0 Å². The van der Waals surface area contributed by atoms with Gasteiger partial charge in [0.1, 0.15) is 6.04 Å². The van der Waals surface area contributed by atoms with Gasteiger partial charge in [0.05, 0.1) is 0 Å². The van der Waals surface area contributed by atoms with E-state index in [1.165, 1.54) is 77.0 Å². The summed E-state index contributed by atoms with van der Waals surface area (Å²) in [6.45, 7) is 4.30. The zero-order valence-electron chi connectivity index (χ0n) is 18.6. The van der Waals surface area contributed by atoms with Gasteiger partial charge < -0.3 is 10.2 Å². The predicted molar refractivity (Wildman–Crippen MR) is 116 cm³/mol. The number of carboxylic acid groups (broad SMARTS) is 2. The van der Waals surface area contributed by atoms with E-state index in [0.717, 1.165) is 12.8 Å². The molecular weight excluding hydrogens is 354 g/mol.